The first-order valence-corrected chi connectivity index (χ1v) is 18.2. The van der Waals surface area contributed by atoms with Crippen molar-refractivity contribution in [3.05, 3.63) is 194 Å². The second-order valence-electron chi connectivity index (χ2n) is 13.1. The smallest absolute Gasteiger partial charge is 0.164 e. The first-order valence-electron chi connectivity index (χ1n) is 18.2. The van der Waals surface area contributed by atoms with Gasteiger partial charge in [0, 0.05) is 33.4 Å². The number of nitriles is 1. The lowest BCUT2D eigenvalue weighted by Gasteiger charge is -2.11. The van der Waals surface area contributed by atoms with Crippen molar-refractivity contribution in [2.24, 2.45) is 0 Å². The zero-order chi connectivity index (χ0) is 37.7. The maximum atomic E-state index is 9.64. The highest BCUT2D eigenvalue weighted by molar-refractivity contribution is 5.77. The van der Waals surface area contributed by atoms with Crippen LogP contribution in [0.2, 0.25) is 0 Å². The van der Waals surface area contributed by atoms with Gasteiger partial charge in [-0.05, 0) is 46.5 Å². The number of hydrogen-bond donors (Lipinski definition) is 0. The van der Waals surface area contributed by atoms with Crippen molar-refractivity contribution in [3.63, 3.8) is 0 Å². The van der Waals surface area contributed by atoms with Crippen molar-refractivity contribution in [1.29, 1.82) is 5.26 Å². The van der Waals surface area contributed by atoms with Gasteiger partial charge in [-0.3, -0.25) is 0 Å². The summed E-state index contributed by atoms with van der Waals surface area (Å²) in [6.07, 6.45) is 0. The van der Waals surface area contributed by atoms with Gasteiger partial charge in [-0.25, -0.2) is 29.9 Å². The molecule has 0 aliphatic rings. The maximum absolute atomic E-state index is 9.64. The minimum Gasteiger partial charge on any atom is -0.208 e. The van der Waals surface area contributed by atoms with Gasteiger partial charge in [0.15, 0.2) is 34.9 Å². The molecule has 7 nitrogen and oxygen atoms in total. The molecule has 0 saturated heterocycles. The number of hydrogen-bond acceptors (Lipinski definition) is 7. The Balaban J connectivity index is 1.11. The quantitative estimate of drug-likeness (QED) is 0.154. The van der Waals surface area contributed by atoms with Gasteiger partial charge in [-0.2, -0.15) is 5.26 Å². The molecule has 9 aromatic rings. The summed E-state index contributed by atoms with van der Waals surface area (Å²) in [7, 11) is 0. The van der Waals surface area contributed by atoms with Crippen LogP contribution in [0.3, 0.4) is 0 Å². The van der Waals surface area contributed by atoms with Crippen LogP contribution in [0.4, 0.5) is 0 Å². The van der Waals surface area contributed by atoms with E-state index in [1.165, 1.54) is 0 Å². The second-order valence-corrected chi connectivity index (χ2v) is 13.1. The fraction of sp³-hybridized carbons (Fsp3) is 0. The molecule has 0 saturated carbocycles. The maximum Gasteiger partial charge on any atom is 0.164 e. The molecule has 9 rings (SSSR count). The molecule has 2 heterocycles. The van der Waals surface area contributed by atoms with Crippen molar-refractivity contribution in [2.45, 2.75) is 0 Å². The Morgan fingerprint density at radius 1 is 0.250 bits per heavy atom. The van der Waals surface area contributed by atoms with E-state index in [9.17, 15) is 5.26 Å². The number of aromatic nitrogens is 6. The first kappa shape index (κ1) is 33.9. The molecule has 0 aliphatic carbocycles. The number of benzene rings is 7. The Kier molecular flexibility index (Phi) is 9.18. The molecule has 0 N–H and O–H groups in total. The van der Waals surface area contributed by atoms with Crippen LogP contribution in [-0.2, 0) is 0 Å². The highest BCUT2D eigenvalue weighted by Crippen LogP contribution is 2.32. The largest absolute Gasteiger partial charge is 0.208 e. The SMILES string of the molecule is N#Cc1cccc(-c2nc(-c3ccc(-c4ccccc4)cc3)nc(-c3cccc(-c4cccc(-c5nc(-c6ccccc6)nc(-c6ccccc6)n5)c4)c3)n2)c1. The van der Waals surface area contributed by atoms with Gasteiger partial charge in [-0.1, -0.05) is 164 Å². The summed E-state index contributed by atoms with van der Waals surface area (Å²) in [5.74, 6) is 3.35. The molecule has 0 aliphatic heterocycles. The summed E-state index contributed by atoms with van der Waals surface area (Å²) in [5.41, 5.74) is 9.85. The van der Waals surface area contributed by atoms with Gasteiger partial charge >= 0.3 is 0 Å². The van der Waals surface area contributed by atoms with Crippen LogP contribution in [-0.4, -0.2) is 29.9 Å². The van der Waals surface area contributed by atoms with Crippen LogP contribution in [0.5, 0.6) is 0 Å². The van der Waals surface area contributed by atoms with Crippen LogP contribution in [0, 0.1) is 11.3 Å². The van der Waals surface area contributed by atoms with E-state index < -0.39 is 0 Å². The van der Waals surface area contributed by atoms with E-state index >= 15 is 0 Å². The molecule has 0 radical (unpaired) electrons. The summed E-state index contributed by atoms with van der Waals surface area (Å²) in [5, 5.41) is 9.64. The molecule has 0 amide bonds. The van der Waals surface area contributed by atoms with Crippen LogP contribution >= 0.6 is 0 Å². The van der Waals surface area contributed by atoms with E-state index in [1.54, 1.807) is 12.1 Å². The lowest BCUT2D eigenvalue weighted by atomic mass is 10.0. The monoisotopic (exact) mass is 717 g/mol. The molecule has 0 unspecified atom stereocenters. The van der Waals surface area contributed by atoms with E-state index in [0.29, 0.717) is 40.5 Å². The van der Waals surface area contributed by atoms with Crippen LogP contribution in [0.25, 0.3) is 90.6 Å². The Morgan fingerprint density at radius 2 is 0.536 bits per heavy atom. The van der Waals surface area contributed by atoms with Crippen molar-refractivity contribution in [1.82, 2.24) is 29.9 Å². The van der Waals surface area contributed by atoms with Gasteiger partial charge in [0.1, 0.15) is 0 Å². The minimum absolute atomic E-state index is 0.486. The molecule has 0 spiro atoms. The van der Waals surface area contributed by atoms with Gasteiger partial charge < -0.3 is 0 Å². The predicted molar refractivity (Wildman–Crippen MR) is 221 cm³/mol. The van der Waals surface area contributed by atoms with E-state index in [4.69, 9.17) is 29.9 Å². The van der Waals surface area contributed by atoms with Gasteiger partial charge in [-0.15, -0.1) is 0 Å². The predicted octanol–water partition coefficient (Wildman–Crippen LogP) is 11.3. The number of nitrogens with zero attached hydrogens (tertiary/aromatic N) is 7. The molecule has 0 bridgehead atoms. The molecule has 262 valence electrons. The molecule has 7 heteroatoms. The van der Waals surface area contributed by atoms with Crippen LogP contribution in [0.1, 0.15) is 5.56 Å². The Labute approximate surface area is 324 Å². The molecule has 2 aromatic heterocycles. The summed E-state index contributed by atoms with van der Waals surface area (Å²) >= 11 is 0. The summed E-state index contributed by atoms with van der Waals surface area (Å²) in [6, 6.07) is 64.4. The van der Waals surface area contributed by atoms with E-state index in [-0.39, 0.29) is 0 Å². The normalized spacial score (nSPS) is 10.8. The topological polar surface area (TPSA) is 101 Å². The molecule has 0 fully saturated rings. The van der Waals surface area contributed by atoms with Crippen LogP contribution in [0.15, 0.2) is 188 Å². The van der Waals surface area contributed by atoms with Crippen LogP contribution < -0.4 is 0 Å². The Bertz CT molecular complexity index is 2790. The minimum atomic E-state index is 0.486. The third-order valence-electron chi connectivity index (χ3n) is 9.41. The average molecular weight is 718 g/mol. The summed E-state index contributed by atoms with van der Waals surface area (Å²) in [6.45, 7) is 0. The number of rotatable bonds is 8. The zero-order valence-electron chi connectivity index (χ0n) is 30.0. The lowest BCUT2D eigenvalue weighted by molar-refractivity contribution is 1.07. The zero-order valence-corrected chi connectivity index (χ0v) is 30.0. The first-order chi connectivity index (χ1) is 27.7. The van der Waals surface area contributed by atoms with Crippen molar-refractivity contribution in [3.8, 4) is 96.7 Å². The van der Waals surface area contributed by atoms with Gasteiger partial charge in [0.25, 0.3) is 0 Å². The van der Waals surface area contributed by atoms with Gasteiger partial charge in [0.2, 0.25) is 0 Å². The summed E-state index contributed by atoms with van der Waals surface area (Å²) < 4.78 is 0. The lowest BCUT2D eigenvalue weighted by Crippen LogP contribution is -2.01. The third-order valence-corrected chi connectivity index (χ3v) is 9.41. The summed E-state index contributed by atoms with van der Waals surface area (Å²) in [4.78, 5) is 29.6. The standard InChI is InChI=1S/C49H31N7/c50-32-33-13-10-22-41(29-33)47-54-46(38-27-25-35(26-28-38)34-14-4-1-5-15-34)55-49(56-47)43-24-12-21-40(31-43)39-20-11-23-42(30-39)48-52-44(36-16-6-2-7-17-36)51-45(53-48)37-18-8-3-9-19-37/h1-31H. The second kappa shape index (κ2) is 15.2. The van der Waals surface area contributed by atoms with Crippen molar-refractivity contribution >= 4 is 0 Å². The van der Waals surface area contributed by atoms with Crippen molar-refractivity contribution < 1.29 is 0 Å². The highest BCUT2D eigenvalue weighted by atomic mass is 15.0. The molecule has 0 atom stereocenters. The molecule has 7 aromatic carbocycles. The van der Waals surface area contributed by atoms with Crippen molar-refractivity contribution in [2.75, 3.05) is 0 Å². The molecule has 56 heavy (non-hydrogen) atoms. The fourth-order valence-corrected chi connectivity index (χ4v) is 6.55. The third kappa shape index (κ3) is 7.19. The Hall–Kier alpha value is -7.95. The van der Waals surface area contributed by atoms with Gasteiger partial charge in [0.05, 0.1) is 11.6 Å². The molecular formula is C49H31N7. The van der Waals surface area contributed by atoms with E-state index in [0.717, 1.165) is 55.6 Å². The van der Waals surface area contributed by atoms with E-state index in [1.807, 2.05) is 127 Å². The average Bonchev–Trinajstić information content (AvgIpc) is 3.30. The highest BCUT2D eigenvalue weighted by Gasteiger charge is 2.16. The van der Waals surface area contributed by atoms with E-state index in [2.05, 4.69) is 54.6 Å². The fourth-order valence-electron chi connectivity index (χ4n) is 6.55. The molecular weight excluding hydrogens is 687 g/mol. The Morgan fingerprint density at radius 3 is 0.964 bits per heavy atom.